The predicted octanol–water partition coefficient (Wildman–Crippen LogP) is 1.81. The fraction of sp³-hybridized carbons (Fsp3) is 0. The van der Waals surface area contributed by atoms with E-state index >= 15 is 0 Å². The van der Waals surface area contributed by atoms with E-state index in [2.05, 4.69) is 13.2 Å². The van der Waals surface area contributed by atoms with E-state index in [1.165, 1.54) is 5.84 Å². The highest BCUT2D eigenvalue weighted by Crippen LogP contribution is 2.06. The van der Waals surface area contributed by atoms with Gasteiger partial charge in [-0.15, -0.1) is 24.2 Å². The molecule has 0 unspecified atom stereocenters. The van der Waals surface area contributed by atoms with Crippen LogP contribution >= 0.6 is 11.1 Å². The van der Waals surface area contributed by atoms with Crippen LogP contribution in [0.15, 0.2) is 24.6 Å². The molecule has 8 heavy (non-hydrogen) atoms. The van der Waals surface area contributed by atoms with E-state index in [4.69, 9.17) is 16.5 Å². The largest absolute Gasteiger partial charge is 0.315 e. The van der Waals surface area contributed by atoms with Crippen molar-refractivity contribution in [3.63, 3.8) is 0 Å². The summed E-state index contributed by atoms with van der Waals surface area (Å²) in [4.78, 5) is 0. The molecular weight excluding hydrogens is 138 g/mol. The predicted molar refractivity (Wildman–Crippen MR) is 40.8 cm³/mol. The van der Waals surface area contributed by atoms with Gasteiger partial charge in [0.15, 0.2) is 0 Å². The fourth-order valence-electron chi connectivity index (χ4n) is 0.201. The zero-order chi connectivity index (χ0) is 6.62. The summed E-state index contributed by atoms with van der Waals surface area (Å²) in [6, 6.07) is 0. The number of halogens is 1. The minimum absolute atomic E-state index is 1.22. The van der Waals surface area contributed by atoms with Crippen LogP contribution in [0.2, 0.25) is 0 Å². The third-order valence-corrected chi connectivity index (χ3v) is 3.79. The van der Waals surface area contributed by atoms with Gasteiger partial charge in [0.1, 0.15) is 0 Å². The van der Waals surface area contributed by atoms with E-state index in [1.54, 1.807) is 11.4 Å². The van der Waals surface area contributed by atoms with Crippen molar-refractivity contribution in [3.8, 4) is 0 Å². The van der Waals surface area contributed by atoms with Crippen LogP contribution in [0, 0.1) is 5.41 Å². The van der Waals surface area contributed by atoms with Crippen LogP contribution in [0.5, 0.6) is 0 Å². The molecule has 0 atom stereocenters. The maximum Gasteiger partial charge on any atom is 0.242 e. The number of nitrogens with one attached hydrogen (secondary N) is 1. The van der Waals surface area contributed by atoms with Crippen LogP contribution in [0.1, 0.15) is 0 Å². The molecule has 3 heteroatoms. The first-order chi connectivity index (χ1) is 3.68. The molecule has 0 saturated carbocycles. The molecule has 0 aliphatic carbocycles. The minimum atomic E-state index is -2.13. The Balaban J connectivity index is 4.18. The first-order valence-corrected chi connectivity index (χ1v) is 5.40. The topological polar surface area (TPSA) is 23.9 Å². The first-order valence-electron chi connectivity index (χ1n) is 2.16. The lowest BCUT2D eigenvalue weighted by Gasteiger charge is -2.03. The van der Waals surface area contributed by atoms with Gasteiger partial charge < -0.3 is 5.41 Å². The van der Waals surface area contributed by atoms with Crippen molar-refractivity contribution in [2.75, 3.05) is 0 Å². The molecule has 44 valence electrons. The standard InChI is InChI=1S/C5H8ClNSi/c1-3-8(6,4-2)5-7/h3-5,7H,1-2H2. The van der Waals surface area contributed by atoms with E-state index in [9.17, 15) is 0 Å². The second-order valence-electron chi connectivity index (χ2n) is 1.38. The molecule has 1 N–H and O–H groups in total. The summed E-state index contributed by atoms with van der Waals surface area (Å²) in [5, 5.41) is 6.82. The highest BCUT2D eigenvalue weighted by atomic mass is 35.6. The third-order valence-electron chi connectivity index (χ3n) is 0.847. The third kappa shape index (κ3) is 1.64. The Hall–Kier alpha value is -0.343. The molecule has 0 aromatic heterocycles. The van der Waals surface area contributed by atoms with E-state index in [1.807, 2.05) is 0 Å². The summed E-state index contributed by atoms with van der Waals surface area (Å²) in [5.74, 6) is 1.22. The number of hydrogen-bond donors (Lipinski definition) is 1. The van der Waals surface area contributed by atoms with E-state index in [0.717, 1.165) is 0 Å². The van der Waals surface area contributed by atoms with Crippen molar-refractivity contribution in [1.29, 1.82) is 5.41 Å². The van der Waals surface area contributed by atoms with E-state index in [0.29, 0.717) is 0 Å². The van der Waals surface area contributed by atoms with Crippen molar-refractivity contribution < 1.29 is 0 Å². The zero-order valence-electron chi connectivity index (χ0n) is 4.52. The lowest BCUT2D eigenvalue weighted by atomic mass is 11.2. The Bertz CT molecular complexity index is 99.8. The first kappa shape index (κ1) is 7.66. The quantitative estimate of drug-likeness (QED) is 0.356. The maximum absolute atomic E-state index is 6.82. The summed E-state index contributed by atoms with van der Waals surface area (Å²) < 4.78 is 0. The molecule has 0 fully saturated rings. The second kappa shape index (κ2) is 2.84. The molecule has 0 amide bonds. The van der Waals surface area contributed by atoms with Gasteiger partial charge in [-0.1, -0.05) is 11.4 Å². The van der Waals surface area contributed by atoms with Crippen molar-refractivity contribution >= 4 is 24.3 Å². The van der Waals surface area contributed by atoms with Gasteiger partial charge in [0.25, 0.3) is 0 Å². The Morgan fingerprint density at radius 1 is 1.38 bits per heavy atom. The van der Waals surface area contributed by atoms with Crippen LogP contribution in [-0.4, -0.2) is 13.2 Å². The van der Waals surface area contributed by atoms with Gasteiger partial charge in [0.05, 0.1) is 0 Å². The normalized spacial score (nSPS) is 10.1. The number of hydrogen-bond acceptors (Lipinski definition) is 1. The van der Waals surface area contributed by atoms with E-state index < -0.39 is 7.38 Å². The molecule has 0 saturated heterocycles. The van der Waals surface area contributed by atoms with Gasteiger partial charge in [0.2, 0.25) is 7.38 Å². The SMILES string of the molecule is C=C[Si](Cl)(C=C)C=N. The van der Waals surface area contributed by atoms with Crippen LogP contribution in [0.3, 0.4) is 0 Å². The Morgan fingerprint density at radius 2 is 1.75 bits per heavy atom. The minimum Gasteiger partial charge on any atom is -0.315 e. The highest BCUT2D eigenvalue weighted by Gasteiger charge is 2.17. The van der Waals surface area contributed by atoms with Crippen molar-refractivity contribution in [1.82, 2.24) is 0 Å². The molecule has 1 nitrogen and oxygen atoms in total. The number of rotatable bonds is 3. The Morgan fingerprint density at radius 3 is 1.75 bits per heavy atom. The van der Waals surface area contributed by atoms with Crippen LogP contribution in [0.4, 0.5) is 0 Å². The average Bonchev–Trinajstić information content (AvgIpc) is 1.87. The van der Waals surface area contributed by atoms with Crippen molar-refractivity contribution in [2.45, 2.75) is 0 Å². The average molecular weight is 146 g/mol. The van der Waals surface area contributed by atoms with Crippen molar-refractivity contribution in [3.05, 3.63) is 24.6 Å². The Kier molecular flexibility index (Phi) is 2.72. The lowest BCUT2D eigenvalue weighted by Crippen LogP contribution is -2.22. The second-order valence-corrected chi connectivity index (χ2v) is 6.10. The molecule has 0 radical (unpaired) electrons. The molecule has 0 rings (SSSR count). The summed E-state index contributed by atoms with van der Waals surface area (Å²) in [6.07, 6.45) is 0. The summed E-state index contributed by atoms with van der Waals surface area (Å²) in [7, 11) is -2.13. The summed E-state index contributed by atoms with van der Waals surface area (Å²) in [5.41, 5.74) is 3.18. The van der Waals surface area contributed by atoms with Gasteiger partial charge in [0, 0.05) is 5.84 Å². The maximum atomic E-state index is 6.82. The smallest absolute Gasteiger partial charge is 0.242 e. The molecule has 0 aliphatic rings. The van der Waals surface area contributed by atoms with Gasteiger partial charge in [-0.25, -0.2) is 0 Å². The molecule has 0 aromatic rings. The zero-order valence-corrected chi connectivity index (χ0v) is 6.28. The highest BCUT2D eigenvalue weighted by molar-refractivity contribution is 7.38. The molecule has 0 bridgehead atoms. The lowest BCUT2D eigenvalue weighted by molar-refractivity contribution is 1.59. The van der Waals surface area contributed by atoms with E-state index in [-0.39, 0.29) is 0 Å². The molecule has 0 aliphatic heterocycles. The fourth-order valence-corrected chi connectivity index (χ4v) is 0.604. The molecule has 0 heterocycles. The van der Waals surface area contributed by atoms with Gasteiger partial charge in [-0.05, 0) is 0 Å². The van der Waals surface area contributed by atoms with Crippen molar-refractivity contribution in [2.24, 2.45) is 0 Å². The Labute approximate surface area is 54.9 Å². The molecule has 0 aromatic carbocycles. The van der Waals surface area contributed by atoms with Gasteiger partial charge >= 0.3 is 0 Å². The van der Waals surface area contributed by atoms with Crippen LogP contribution in [0.25, 0.3) is 0 Å². The monoisotopic (exact) mass is 145 g/mol. The van der Waals surface area contributed by atoms with Gasteiger partial charge in [-0.2, -0.15) is 0 Å². The van der Waals surface area contributed by atoms with Crippen LogP contribution in [-0.2, 0) is 0 Å². The molecule has 0 spiro atoms. The summed E-state index contributed by atoms with van der Waals surface area (Å²) >= 11 is 5.75. The van der Waals surface area contributed by atoms with Gasteiger partial charge in [-0.3, -0.25) is 0 Å². The molecular formula is C5H8ClNSi. The van der Waals surface area contributed by atoms with Crippen LogP contribution < -0.4 is 0 Å². The summed E-state index contributed by atoms with van der Waals surface area (Å²) in [6.45, 7) is 6.96.